The monoisotopic (exact) mass is 83.1 g/mol. The zero-order valence-electron chi connectivity index (χ0n) is 3.99. The van der Waals surface area contributed by atoms with Crippen LogP contribution in [0.4, 0.5) is 0 Å². The first kappa shape index (κ1) is 3.03. The highest BCUT2D eigenvalue weighted by Crippen LogP contribution is 2.49. The van der Waals surface area contributed by atoms with Gasteiger partial charge in [0.2, 0.25) is 0 Å². The van der Waals surface area contributed by atoms with Crippen LogP contribution >= 0.6 is 0 Å². The molecular weight excluding hydrogens is 74.1 g/mol. The van der Waals surface area contributed by atoms with Gasteiger partial charge in [-0.25, -0.2) is 0 Å². The van der Waals surface area contributed by atoms with Crippen molar-refractivity contribution in [2.75, 3.05) is 6.54 Å². The number of fused-ring (bicyclic) bond motifs is 1. The van der Waals surface area contributed by atoms with E-state index in [1.54, 1.807) is 0 Å². The summed E-state index contributed by atoms with van der Waals surface area (Å²) in [5.74, 6) is 1.07. The largest absolute Gasteiger partial charge is 0.311 e. The molecular formula is C5H9N. The molecule has 1 N–H and O–H groups in total. The van der Waals surface area contributed by atoms with Crippen molar-refractivity contribution in [1.29, 1.82) is 0 Å². The first-order chi connectivity index (χ1) is 2.81. The van der Waals surface area contributed by atoms with Gasteiger partial charge in [-0.1, -0.05) is 0 Å². The molecule has 0 bridgehead atoms. The summed E-state index contributed by atoms with van der Waals surface area (Å²) in [6, 6.07) is 0. The van der Waals surface area contributed by atoms with Crippen LogP contribution < -0.4 is 5.32 Å². The van der Waals surface area contributed by atoms with Crippen LogP contribution in [0.5, 0.6) is 0 Å². The van der Waals surface area contributed by atoms with Gasteiger partial charge in [0.15, 0.2) is 0 Å². The minimum atomic E-state index is 0.639. The van der Waals surface area contributed by atoms with E-state index in [0.717, 1.165) is 5.92 Å². The quantitative estimate of drug-likeness (QED) is 0.446. The highest BCUT2D eigenvalue weighted by atomic mass is 15.1. The molecule has 1 aliphatic heterocycles. The molecule has 1 nitrogen and oxygen atoms in total. The molecule has 0 radical (unpaired) electrons. The summed E-state index contributed by atoms with van der Waals surface area (Å²) in [7, 11) is 0. The lowest BCUT2D eigenvalue weighted by Crippen LogP contribution is -2.43. The van der Waals surface area contributed by atoms with Gasteiger partial charge in [-0.15, -0.1) is 0 Å². The zero-order chi connectivity index (χ0) is 4.20. The Morgan fingerprint density at radius 1 is 1.83 bits per heavy atom. The second kappa shape index (κ2) is 0.544. The summed E-state index contributed by atoms with van der Waals surface area (Å²) in [6.45, 7) is 3.58. The SMILES string of the molecule is CC12C[C@H]1CN2. The van der Waals surface area contributed by atoms with Crippen LogP contribution in [0.1, 0.15) is 13.3 Å². The fourth-order valence-corrected chi connectivity index (χ4v) is 1.19. The minimum absolute atomic E-state index is 0.639. The Kier molecular flexibility index (Phi) is 0.274. The van der Waals surface area contributed by atoms with Gasteiger partial charge in [-0.3, -0.25) is 0 Å². The molecule has 2 fully saturated rings. The Balaban J connectivity index is 2.22. The van der Waals surface area contributed by atoms with E-state index < -0.39 is 0 Å². The van der Waals surface area contributed by atoms with E-state index in [4.69, 9.17) is 0 Å². The molecule has 2 atom stereocenters. The summed E-state index contributed by atoms with van der Waals surface area (Å²) < 4.78 is 0. The molecule has 1 unspecified atom stereocenters. The Hall–Kier alpha value is -0.0400. The van der Waals surface area contributed by atoms with Crippen LogP contribution in [-0.4, -0.2) is 12.1 Å². The highest BCUT2D eigenvalue weighted by Gasteiger charge is 2.57. The van der Waals surface area contributed by atoms with Crippen LogP contribution in [0.3, 0.4) is 0 Å². The lowest BCUT2D eigenvalue weighted by atomic mass is 10.1. The third kappa shape index (κ3) is 0.155. The molecule has 2 aliphatic rings. The van der Waals surface area contributed by atoms with Gasteiger partial charge in [0.25, 0.3) is 0 Å². The van der Waals surface area contributed by atoms with Crippen molar-refractivity contribution in [3.05, 3.63) is 0 Å². The summed E-state index contributed by atoms with van der Waals surface area (Å²) in [6.07, 6.45) is 1.44. The highest BCUT2D eigenvalue weighted by molar-refractivity contribution is 5.15. The topological polar surface area (TPSA) is 12.0 Å². The Bertz CT molecular complexity index is 85.9. The molecule has 1 aliphatic carbocycles. The van der Waals surface area contributed by atoms with E-state index in [1.807, 2.05) is 0 Å². The van der Waals surface area contributed by atoms with Gasteiger partial charge in [-0.05, 0) is 19.3 Å². The third-order valence-electron chi connectivity index (χ3n) is 2.16. The Morgan fingerprint density at radius 3 is 2.50 bits per heavy atom. The number of nitrogens with one attached hydrogen (secondary N) is 1. The second-order valence-electron chi connectivity index (χ2n) is 2.70. The van der Waals surface area contributed by atoms with E-state index in [1.165, 1.54) is 13.0 Å². The molecule has 0 aromatic carbocycles. The predicted molar refractivity (Wildman–Crippen MR) is 24.5 cm³/mol. The first-order valence-corrected chi connectivity index (χ1v) is 2.56. The molecule has 0 amide bonds. The minimum Gasteiger partial charge on any atom is -0.311 e. The van der Waals surface area contributed by atoms with Crippen molar-refractivity contribution in [1.82, 2.24) is 5.32 Å². The molecule has 34 valence electrons. The number of rotatable bonds is 0. The van der Waals surface area contributed by atoms with Crippen molar-refractivity contribution >= 4 is 0 Å². The lowest BCUT2D eigenvalue weighted by molar-refractivity contribution is 0.382. The summed E-state index contributed by atoms with van der Waals surface area (Å²) in [5, 5.41) is 3.36. The normalized spacial score (nSPS) is 62.5. The van der Waals surface area contributed by atoms with Gasteiger partial charge in [-0.2, -0.15) is 0 Å². The molecule has 2 rings (SSSR count). The number of hydrogen-bond acceptors (Lipinski definition) is 1. The Morgan fingerprint density at radius 2 is 2.50 bits per heavy atom. The van der Waals surface area contributed by atoms with Gasteiger partial charge in [0, 0.05) is 12.1 Å². The standard InChI is InChI=1S/C5H9N/c1-5-2-4(5)3-6-5/h4,6H,2-3H2,1H3/t4-,5?/m0/s1. The maximum absolute atomic E-state index is 3.36. The fraction of sp³-hybridized carbons (Fsp3) is 1.00. The van der Waals surface area contributed by atoms with Gasteiger partial charge in [0.1, 0.15) is 0 Å². The molecule has 0 aromatic rings. The molecule has 1 saturated heterocycles. The van der Waals surface area contributed by atoms with Crippen LogP contribution in [0.15, 0.2) is 0 Å². The van der Waals surface area contributed by atoms with E-state index in [0.29, 0.717) is 5.54 Å². The molecule has 1 heteroatoms. The molecule has 0 aromatic heterocycles. The summed E-state index contributed by atoms with van der Waals surface area (Å²) in [4.78, 5) is 0. The van der Waals surface area contributed by atoms with Crippen molar-refractivity contribution in [3.8, 4) is 0 Å². The van der Waals surface area contributed by atoms with E-state index >= 15 is 0 Å². The molecule has 1 heterocycles. The predicted octanol–water partition coefficient (Wildman–Crippen LogP) is 0.368. The first-order valence-electron chi connectivity index (χ1n) is 2.56. The van der Waals surface area contributed by atoms with Crippen LogP contribution in [-0.2, 0) is 0 Å². The van der Waals surface area contributed by atoms with Crippen molar-refractivity contribution in [2.45, 2.75) is 18.9 Å². The third-order valence-corrected chi connectivity index (χ3v) is 2.16. The molecule has 0 spiro atoms. The van der Waals surface area contributed by atoms with Gasteiger partial charge >= 0.3 is 0 Å². The smallest absolute Gasteiger partial charge is 0.0198 e. The maximum Gasteiger partial charge on any atom is 0.0198 e. The van der Waals surface area contributed by atoms with Crippen molar-refractivity contribution in [2.24, 2.45) is 5.92 Å². The Labute approximate surface area is 37.7 Å². The van der Waals surface area contributed by atoms with E-state index in [9.17, 15) is 0 Å². The van der Waals surface area contributed by atoms with Gasteiger partial charge in [0.05, 0.1) is 0 Å². The maximum atomic E-state index is 3.36. The second-order valence-corrected chi connectivity index (χ2v) is 2.70. The van der Waals surface area contributed by atoms with Crippen molar-refractivity contribution in [3.63, 3.8) is 0 Å². The summed E-state index contributed by atoms with van der Waals surface area (Å²) >= 11 is 0. The van der Waals surface area contributed by atoms with E-state index in [2.05, 4.69) is 12.2 Å². The van der Waals surface area contributed by atoms with Crippen LogP contribution in [0.25, 0.3) is 0 Å². The van der Waals surface area contributed by atoms with E-state index in [-0.39, 0.29) is 0 Å². The molecule has 1 saturated carbocycles. The van der Waals surface area contributed by atoms with Crippen LogP contribution in [0.2, 0.25) is 0 Å². The lowest BCUT2D eigenvalue weighted by Gasteiger charge is -2.21. The fourth-order valence-electron chi connectivity index (χ4n) is 1.19. The average Bonchev–Trinajstić information content (AvgIpc) is 1.88. The zero-order valence-corrected chi connectivity index (χ0v) is 3.99. The number of hydrogen-bond donors (Lipinski definition) is 1. The summed E-state index contributed by atoms with van der Waals surface area (Å²) in [5.41, 5.74) is 0.639. The van der Waals surface area contributed by atoms with Crippen LogP contribution in [0, 0.1) is 5.92 Å². The van der Waals surface area contributed by atoms with Gasteiger partial charge < -0.3 is 5.32 Å². The molecule has 6 heavy (non-hydrogen) atoms. The average molecular weight is 83.1 g/mol. The van der Waals surface area contributed by atoms with Crippen molar-refractivity contribution < 1.29 is 0 Å².